The Morgan fingerprint density at radius 1 is 0.238 bits per heavy atom. The van der Waals surface area contributed by atoms with E-state index in [9.17, 15) is 0 Å². The predicted molar refractivity (Wildman–Crippen MR) is 84.8 cm³/mol. The topological polar surface area (TPSA) is 36.9 Å². The third-order valence-corrected chi connectivity index (χ3v) is 3.56. The molecule has 4 rings (SSSR count). The molecule has 0 N–H and O–H groups in total. The normalized spacial score (nSPS) is 24.0. The van der Waals surface area contributed by atoms with E-state index in [2.05, 4.69) is 0 Å². The Hall–Kier alpha value is -0.160. The van der Waals surface area contributed by atoms with E-state index in [0.717, 1.165) is 52.9 Å². The van der Waals surface area contributed by atoms with Gasteiger partial charge in [0, 0.05) is 52.9 Å². The Morgan fingerprint density at radius 3 is 0.571 bits per heavy atom. The van der Waals surface area contributed by atoms with E-state index in [0.29, 0.717) is 0 Å². The summed E-state index contributed by atoms with van der Waals surface area (Å²) in [6, 6.07) is 0. The molecular weight excluding hydrogens is 268 g/mol. The fourth-order valence-corrected chi connectivity index (χ4v) is 2.03. The largest absolute Gasteiger partial charge is 0.381 e. The zero-order valence-corrected chi connectivity index (χ0v) is 13.7. The van der Waals surface area contributed by atoms with Crippen molar-refractivity contribution in [1.29, 1.82) is 0 Å². The maximum absolute atomic E-state index is 5.07. The van der Waals surface area contributed by atoms with Gasteiger partial charge in [-0.15, -0.1) is 0 Å². The molecule has 4 fully saturated rings. The molecule has 0 amide bonds. The van der Waals surface area contributed by atoms with E-state index in [4.69, 9.17) is 18.9 Å². The van der Waals surface area contributed by atoms with Crippen LogP contribution in [0.4, 0.5) is 0 Å². The second kappa shape index (κ2) is 16.2. The van der Waals surface area contributed by atoms with Gasteiger partial charge in [-0.3, -0.25) is 0 Å². The highest BCUT2D eigenvalue weighted by atomic mass is 16.5. The Bertz CT molecular complexity index is 137. The van der Waals surface area contributed by atoms with Gasteiger partial charge in [0.05, 0.1) is 0 Å². The van der Waals surface area contributed by atoms with E-state index in [1.807, 2.05) is 0 Å². The van der Waals surface area contributed by atoms with Crippen molar-refractivity contribution in [3.8, 4) is 0 Å². The van der Waals surface area contributed by atoms with Gasteiger partial charge >= 0.3 is 0 Å². The summed E-state index contributed by atoms with van der Waals surface area (Å²) in [5, 5.41) is 0. The van der Waals surface area contributed by atoms with Crippen LogP contribution in [0.5, 0.6) is 0 Å². The number of hydrogen-bond donors (Lipinski definition) is 0. The van der Waals surface area contributed by atoms with E-state index in [1.54, 1.807) is 0 Å². The molecule has 0 aliphatic carbocycles. The first-order chi connectivity index (χ1) is 10.5. The summed E-state index contributed by atoms with van der Waals surface area (Å²) in [7, 11) is 0. The molecule has 0 saturated carbocycles. The van der Waals surface area contributed by atoms with Crippen LogP contribution >= 0.6 is 0 Å². The summed E-state index contributed by atoms with van der Waals surface area (Å²) in [5.74, 6) is 0. The quantitative estimate of drug-likeness (QED) is 0.685. The standard InChI is InChI=1S/2C5H10O.C4H8O.C3H6O/c2*1-2-4-6-5-3-1;1-2-4-5-3-1;1-2-4-3-1/h2*1-5H2;1-4H2;1-3H2. The van der Waals surface area contributed by atoms with Crippen molar-refractivity contribution in [2.24, 2.45) is 0 Å². The van der Waals surface area contributed by atoms with Gasteiger partial charge in [0.15, 0.2) is 0 Å². The molecule has 4 saturated heterocycles. The molecule has 0 unspecified atom stereocenters. The highest BCUT2D eigenvalue weighted by Crippen LogP contribution is 2.02. The molecule has 21 heavy (non-hydrogen) atoms. The molecule has 0 aromatic heterocycles. The van der Waals surface area contributed by atoms with E-state index >= 15 is 0 Å². The van der Waals surface area contributed by atoms with Gasteiger partial charge in [-0.25, -0.2) is 0 Å². The molecule has 0 atom stereocenters. The lowest BCUT2D eigenvalue weighted by Crippen LogP contribution is -2.09. The summed E-state index contributed by atoms with van der Waals surface area (Å²) < 4.78 is 19.8. The average Bonchev–Trinajstić information content (AvgIpc) is 3.09. The summed E-state index contributed by atoms with van der Waals surface area (Å²) in [4.78, 5) is 0. The Morgan fingerprint density at radius 2 is 0.476 bits per heavy atom. The molecular formula is C17H34O4. The van der Waals surface area contributed by atoms with Crippen molar-refractivity contribution in [2.75, 3.05) is 52.9 Å². The van der Waals surface area contributed by atoms with Gasteiger partial charge in [0.1, 0.15) is 0 Å². The Kier molecular flexibility index (Phi) is 14.6. The zero-order valence-electron chi connectivity index (χ0n) is 13.7. The second-order valence-corrected chi connectivity index (χ2v) is 5.63. The van der Waals surface area contributed by atoms with Crippen LogP contribution in [-0.4, -0.2) is 52.9 Å². The molecule has 0 bridgehead atoms. The van der Waals surface area contributed by atoms with Gasteiger partial charge < -0.3 is 18.9 Å². The van der Waals surface area contributed by atoms with Gasteiger partial charge in [0.25, 0.3) is 0 Å². The van der Waals surface area contributed by atoms with Gasteiger partial charge in [-0.05, 0) is 57.8 Å². The highest BCUT2D eigenvalue weighted by molar-refractivity contribution is 4.46. The van der Waals surface area contributed by atoms with Crippen molar-refractivity contribution < 1.29 is 18.9 Å². The van der Waals surface area contributed by atoms with Crippen LogP contribution in [0.3, 0.4) is 0 Å². The van der Waals surface area contributed by atoms with Crippen LogP contribution < -0.4 is 0 Å². The maximum Gasteiger partial charge on any atom is 0.0488 e. The monoisotopic (exact) mass is 302 g/mol. The minimum atomic E-state index is 1.00. The molecule has 0 spiro atoms. The zero-order chi connectivity index (χ0) is 14.8. The van der Waals surface area contributed by atoms with Crippen LogP contribution in [-0.2, 0) is 18.9 Å². The lowest BCUT2D eigenvalue weighted by molar-refractivity contribution is 0.0367. The minimum absolute atomic E-state index is 1.00. The SMILES string of the molecule is C1CCOC1.C1CCOCC1.C1CCOCC1.C1COC1. The molecule has 4 nitrogen and oxygen atoms in total. The first kappa shape index (κ1) is 18.9. The molecule has 4 heteroatoms. The smallest absolute Gasteiger partial charge is 0.0488 e. The van der Waals surface area contributed by atoms with Crippen molar-refractivity contribution >= 4 is 0 Å². The molecule has 0 aromatic rings. The molecule has 4 aliphatic heterocycles. The maximum atomic E-state index is 5.07. The van der Waals surface area contributed by atoms with Gasteiger partial charge in [-0.2, -0.15) is 0 Å². The van der Waals surface area contributed by atoms with Crippen molar-refractivity contribution in [1.82, 2.24) is 0 Å². The van der Waals surface area contributed by atoms with Crippen LogP contribution in [0.25, 0.3) is 0 Å². The first-order valence-electron chi connectivity index (χ1n) is 8.81. The number of rotatable bonds is 0. The summed E-state index contributed by atoms with van der Waals surface area (Å²) in [6.45, 7) is 8.00. The Labute approximate surface area is 130 Å². The second-order valence-electron chi connectivity index (χ2n) is 5.63. The molecule has 0 aromatic carbocycles. The van der Waals surface area contributed by atoms with Crippen molar-refractivity contribution in [3.63, 3.8) is 0 Å². The number of ether oxygens (including phenoxy) is 4. The predicted octanol–water partition coefficient (Wildman–Crippen LogP) is 3.58. The van der Waals surface area contributed by atoms with E-state index in [1.165, 1.54) is 57.8 Å². The molecule has 0 radical (unpaired) electrons. The third kappa shape index (κ3) is 14.5. The van der Waals surface area contributed by atoms with Crippen LogP contribution in [0.15, 0.2) is 0 Å². The Balaban J connectivity index is 0.000000142. The fraction of sp³-hybridized carbons (Fsp3) is 1.00. The highest BCUT2D eigenvalue weighted by Gasteiger charge is 1.96. The van der Waals surface area contributed by atoms with Crippen LogP contribution in [0, 0.1) is 0 Å². The summed E-state index contributed by atoms with van der Waals surface area (Å²) in [5.41, 5.74) is 0. The fourth-order valence-electron chi connectivity index (χ4n) is 2.03. The molecule has 126 valence electrons. The first-order valence-corrected chi connectivity index (χ1v) is 8.81. The van der Waals surface area contributed by atoms with Gasteiger partial charge in [0.2, 0.25) is 0 Å². The number of hydrogen-bond acceptors (Lipinski definition) is 4. The van der Waals surface area contributed by atoms with Crippen molar-refractivity contribution in [3.05, 3.63) is 0 Å². The molecule has 4 aliphatic rings. The van der Waals surface area contributed by atoms with E-state index < -0.39 is 0 Å². The van der Waals surface area contributed by atoms with Crippen LogP contribution in [0.2, 0.25) is 0 Å². The van der Waals surface area contributed by atoms with Gasteiger partial charge in [-0.1, -0.05) is 0 Å². The molecule has 4 heterocycles. The van der Waals surface area contributed by atoms with E-state index in [-0.39, 0.29) is 0 Å². The summed E-state index contributed by atoms with van der Waals surface area (Å²) in [6.07, 6.45) is 11.7. The lowest BCUT2D eigenvalue weighted by Gasteiger charge is -2.09. The summed E-state index contributed by atoms with van der Waals surface area (Å²) >= 11 is 0. The third-order valence-electron chi connectivity index (χ3n) is 3.56. The van der Waals surface area contributed by atoms with Crippen LogP contribution in [0.1, 0.15) is 57.8 Å². The average molecular weight is 302 g/mol. The minimum Gasteiger partial charge on any atom is -0.381 e. The van der Waals surface area contributed by atoms with Crippen molar-refractivity contribution in [2.45, 2.75) is 57.8 Å². The lowest BCUT2D eigenvalue weighted by atomic mass is 10.2.